The predicted molar refractivity (Wildman–Crippen MR) is 122 cm³/mol. The standard InChI is InChI=1S/C25H24F2N2O2S/c1-3-12-28(25(31)20-5-4-6-22(27)14-20)17-24(30)29(16-23-18(2)11-13-32-23)15-19-7-9-21(26)10-8-19/h3-11,13-14H,1,12,15-17H2,2H3. The SMILES string of the molecule is C=CCN(CC(=O)N(Cc1ccc(F)cc1)Cc1sccc1C)C(=O)c1cccc(F)c1. The summed E-state index contributed by atoms with van der Waals surface area (Å²) in [7, 11) is 0. The molecule has 0 saturated heterocycles. The molecule has 1 heterocycles. The van der Waals surface area contributed by atoms with E-state index in [4.69, 9.17) is 0 Å². The summed E-state index contributed by atoms with van der Waals surface area (Å²) in [6.45, 7) is 6.24. The van der Waals surface area contributed by atoms with Gasteiger partial charge in [0.1, 0.15) is 18.2 Å². The first-order chi connectivity index (χ1) is 15.4. The van der Waals surface area contributed by atoms with Crippen molar-refractivity contribution >= 4 is 23.2 Å². The lowest BCUT2D eigenvalue weighted by Crippen LogP contribution is -2.42. The number of benzene rings is 2. The van der Waals surface area contributed by atoms with Crippen molar-refractivity contribution in [3.8, 4) is 0 Å². The Labute approximate surface area is 190 Å². The maximum atomic E-state index is 13.6. The van der Waals surface area contributed by atoms with Crippen LogP contribution in [-0.4, -0.2) is 34.7 Å². The van der Waals surface area contributed by atoms with E-state index >= 15 is 0 Å². The smallest absolute Gasteiger partial charge is 0.254 e. The summed E-state index contributed by atoms with van der Waals surface area (Å²) in [5, 5.41) is 1.96. The zero-order valence-electron chi connectivity index (χ0n) is 17.8. The van der Waals surface area contributed by atoms with Crippen LogP contribution in [0.15, 0.2) is 72.6 Å². The van der Waals surface area contributed by atoms with E-state index < -0.39 is 11.7 Å². The van der Waals surface area contributed by atoms with Crippen molar-refractivity contribution in [2.45, 2.75) is 20.0 Å². The second-order valence-electron chi connectivity index (χ2n) is 7.39. The van der Waals surface area contributed by atoms with Gasteiger partial charge in [-0.3, -0.25) is 9.59 Å². The molecular weight excluding hydrogens is 430 g/mol. The van der Waals surface area contributed by atoms with E-state index in [0.29, 0.717) is 6.54 Å². The molecule has 166 valence electrons. The van der Waals surface area contributed by atoms with Crippen LogP contribution in [0, 0.1) is 18.6 Å². The van der Waals surface area contributed by atoms with Gasteiger partial charge in [0.25, 0.3) is 5.91 Å². The van der Waals surface area contributed by atoms with Gasteiger partial charge in [-0.15, -0.1) is 17.9 Å². The fourth-order valence-electron chi connectivity index (χ4n) is 3.22. The first-order valence-corrected chi connectivity index (χ1v) is 11.0. The minimum Gasteiger partial charge on any atom is -0.332 e. The quantitative estimate of drug-likeness (QED) is 0.418. The Morgan fingerprint density at radius 3 is 2.38 bits per heavy atom. The summed E-state index contributed by atoms with van der Waals surface area (Å²) in [5.74, 6) is -1.59. The van der Waals surface area contributed by atoms with Crippen molar-refractivity contribution in [3.63, 3.8) is 0 Å². The van der Waals surface area contributed by atoms with Crippen LogP contribution >= 0.6 is 11.3 Å². The van der Waals surface area contributed by atoms with E-state index in [1.165, 1.54) is 41.3 Å². The fourth-order valence-corrected chi connectivity index (χ4v) is 4.15. The molecular formula is C25H24F2N2O2S. The molecule has 0 aliphatic heterocycles. The van der Waals surface area contributed by atoms with Crippen molar-refractivity contribution in [1.82, 2.24) is 9.80 Å². The van der Waals surface area contributed by atoms with Crippen LogP contribution in [0.4, 0.5) is 8.78 Å². The highest BCUT2D eigenvalue weighted by molar-refractivity contribution is 7.10. The van der Waals surface area contributed by atoms with Crippen LogP contribution in [0.1, 0.15) is 26.4 Å². The lowest BCUT2D eigenvalue weighted by atomic mass is 10.1. The number of hydrogen-bond acceptors (Lipinski definition) is 3. The van der Waals surface area contributed by atoms with Crippen molar-refractivity contribution in [1.29, 1.82) is 0 Å². The van der Waals surface area contributed by atoms with Gasteiger partial charge in [-0.05, 0) is 59.8 Å². The molecule has 2 aromatic carbocycles. The highest BCUT2D eigenvalue weighted by Gasteiger charge is 2.23. The number of hydrogen-bond donors (Lipinski definition) is 0. The van der Waals surface area contributed by atoms with Crippen molar-refractivity contribution < 1.29 is 18.4 Å². The predicted octanol–water partition coefficient (Wildman–Crippen LogP) is 5.19. The lowest BCUT2D eigenvalue weighted by molar-refractivity contribution is -0.133. The van der Waals surface area contributed by atoms with Crippen LogP contribution in [0.3, 0.4) is 0 Å². The van der Waals surface area contributed by atoms with Crippen molar-refractivity contribution in [2.24, 2.45) is 0 Å². The molecule has 0 bridgehead atoms. The Morgan fingerprint density at radius 2 is 1.75 bits per heavy atom. The molecule has 32 heavy (non-hydrogen) atoms. The lowest BCUT2D eigenvalue weighted by Gasteiger charge is -2.27. The molecule has 7 heteroatoms. The van der Waals surface area contributed by atoms with Gasteiger partial charge in [0.05, 0.1) is 6.54 Å². The molecule has 0 spiro atoms. The number of rotatable bonds is 9. The molecule has 4 nitrogen and oxygen atoms in total. The first-order valence-electron chi connectivity index (χ1n) is 10.1. The molecule has 3 rings (SSSR count). The second-order valence-corrected chi connectivity index (χ2v) is 8.39. The van der Waals surface area contributed by atoms with Crippen molar-refractivity contribution in [2.75, 3.05) is 13.1 Å². The largest absolute Gasteiger partial charge is 0.332 e. The van der Waals surface area contributed by atoms with Crippen LogP contribution in [0.2, 0.25) is 0 Å². The summed E-state index contributed by atoms with van der Waals surface area (Å²) in [5.41, 5.74) is 2.02. The van der Waals surface area contributed by atoms with Crippen LogP contribution in [0.5, 0.6) is 0 Å². The van der Waals surface area contributed by atoms with E-state index in [1.54, 1.807) is 28.4 Å². The Hall–Kier alpha value is -3.32. The minimum absolute atomic E-state index is 0.142. The zero-order valence-corrected chi connectivity index (χ0v) is 18.6. The van der Waals surface area contributed by atoms with E-state index in [2.05, 4.69) is 6.58 Å². The van der Waals surface area contributed by atoms with Crippen LogP contribution < -0.4 is 0 Å². The number of carbonyl (C=O) groups excluding carboxylic acids is 2. The number of halogens is 2. The maximum absolute atomic E-state index is 13.6. The summed E-state index contributed by atoms with van der Waals surface area (Å²) >= 11 is 1.55. The third-order valence-corrected chi connectivity index (χ3v) is 5.98. The normalized spacial score (nSPS) is 10.6. The second kappa shape index (κ2) is 10.8. The van der Waals surface area contributed by atoms with Crippen LogP contribution in [-0.2, 0) is 17.9 Å². The number of thiophene rings is 1. The summed E-state index contributed by atoms with van der Waals surface area (Å²) in [4.78, 5) is 30.2. The highest BCUT2D eigenvalue weighted by atomic mass is 32.1. The molecule has 0 saturated carbocycles. The van der Waals surface area contributed by atoms with Crippen LogP contribution in [0.25, 0.3) is 0 Å². The van der Waals surface area contributed by atoms with Gasteiger partial charge in [0.2, 0.25) is 5.91 Å². The third-order valence-electron chi connectivity index (χ3n) is 4.98. The van der Waals surface area contributed by atoms with E-state index in [0.717, 1.165) is 22.1 Å². The van der Waals surface area contributed by atoms with Crippen molar-refractivity contribution in [3.05, 3.63) is 106 Å². The Bertz CT molecular complexity index is 1100. The Kier molecular flexibility index (Phi) is 7.89. The molecule has 0 atom stereocenters. The zero-order chi connectivity index (χ0) is 23.1. The topological polar surface area (TPSA) is 40.6 Å². The first kappa shape index (κ1) is 23.3. The molecule has 1 aromatic heterocycles. The Balaban J connectivity index is 1.82. The monoisotopic (exact) mass is 454 g/mol. The Morgan fingerprint density at radius 1 is 1.00 bits per heavy atom. The highest BCUT2D eigenvalue weighted by Crippen LogP contribution is 2.20. The maximum Gasteiger partial charge on any atom is 0.254 e. The molecule has 0 unspecified atom stereocenters. The van der Waals surface area contributed by atoms with Gasteiger partial charge in [-0.1, -0.05) is 24.3 Å². The molecule has 2 amide bonds. The number of nitrogens with zero attached hydrogens (tertiary/aromatic N) is 2. The summed E-state index contributed by atoms with van der Waals surface area (Å²) in [6, 6.07) is 13.3. The molecule has 0 fully saturated rings. The van der Waals surface area contributed by atoms with Gasteiger partial charge in [0.15, 0.2) is 0 Å². The van der Waals surface area contributed by atoms with E-state index in [-0.39, 0.29) is 36.9 Å². The van der Waals surface area contributed by atoms with Gasteiger partial charge < -0.3 is 9.80 Å². The number of carbonyl (C=O) groups is 2. The molecule has 0 aliphatic carbocycles. The average Bonchev–Trinajstić information content (AvgIpc) is 3.18. The molecule has 0 aliphatic rings. The van der Waals surface area contributed by atoms with E-state index in [1.807, 2.05) is 18.4 Å². The molecule has 3 aromatic rings. The minimum atomic E-state index is -0.521. The van der Waals surface area contributed by atoms with Gasteiger partial charge in [-0.2, -0.15) is 0 Å². The number of amides is 2. The fraction of sp³-hybridized carbons (Fsp3) is 0.200. The number of aryl methyl sites for hydroxylation is 1. The van der Waals surface area contributed by atoms with E-state index in [9.17, 15) is 18.4 Å². The molecule has 0 N–H and O–H groups in total. The third kappa shape index (κ3) is 6.11. The summed E-state index contributed by atoms with van der Waals surface area (Å²) in [6.07, 6.45) is 1.53. The molecule has 0 radical (unpaired) electrons. The summed E-state index contributed by atoms with van der Waals surface area (Å²) < 4.78 is 26.9. The van der Waals surface area contributed by atoms with Gasteiger partial charge in [-0.25, -0.2) is 8.78 Å². The van der Waals surface area contributed by atoms with Gasteiger partial charge >= 0.3 is 0 Å². The average molecular weight is 455 g/mol. The van der Waals surface area contributed by atoms with Gasteiger partial charge in [0, 0.05) is 23.5 Å².